The van der Waals surface area contributed by atoms with Gasteiger partial charge in [-0.1, -0.05) is 13.0 Å². The van der Waals surface area contributed by atoms with Crippen molar-refractivity contribution < 1.29 is 14.2 Å². The van der Waals surface area contributed by atoms with Gasteiger partial charge in [0.1, 0.15) is 23.7 Å². The van der Waals surface area contributed by atoms with Gasteiger partial charge in [0.25, 0.3) is 0 Å². The fraction of sp³-hybridized carbons (Fsp3) is 0.600. The average Bonchev–Trinajstić information content (AvgIpc) is 2.42. The van der Waals surface area contributed by atoms with Crippen molar-refractivity contribution in [2.24, 2.45) is 0 Å². The molecule has 0 saturated heterocycles. The van der Waals surface area contributed by atoms with E-state index in [0.29, 0.717) is 6.04 Å². The summed E-state index contributed by atoms with van der Waals surface area (Å²) in [6, 6.07) is 8.09. The van der Waals surface area contributed by atoms with Crippen LogP contribution < -0.4 is 14.8 Å². The lowest BCUT2D eigenvalue weighted by atomic mass is 9.85. The summed E-state index contributed by atoms with van der Waals surface area (Å²) in [5, 5.41) is 3.48. The van der Waals surface area contributed by atoms with Crippen molar-refractivity contribution in [3.05, 3.63) is 24.3 Å². The summed E-state index contributed by atoms with van der Waals surface area (Å²) >= 11 is 0. The van der Waals surface area contributed by atoms with Crippen LogP contribution in [0, 0.1) is 0 Å². The third kappa shape index (κ3) is 3.39. The lowest BCUT2D eigenvalue weighted by Crippen LogP contribution is -2.61. The Morgan fingerprint density at radius 2 is 2.05 bits per heavy atom. The Hall–Kier alpha value is -1.26. The molecular formula is C15H23NO3. The molecule has 1 aromatic rings. The molecule has 0 radical (unpaired) electrons. The largest absolute Gasteiger partial charge is 0.497 e. The normalized spacial score (nSPS) is 25.7. The second-order valence-electron chi connectivity index (χ2n) is 4.83. The first-order valence-electron chi connectivity index (χ1n) is 6.85. The summed E-state index contributed by atoms with van der Waals surface area (Å²) in [6.07, 6.45) is 2.36. The lowest BCUT2D eigenvalue weighted by Gasteiger charge is -2.43. The van der Waals surface area contributed by atoms with Gasteiger partial charge in [0.2, 0.25) is 0 Å². The Morgan fingerprint density at radius 3 is 2.74 bits per heavy atom. The molecule has 0 aliphatic heterocycles. The van der Waals surface area contributed by atoms with Crippen molar-refractivity contribution >= 4 is 0 Å². The zero-order valence-electron chi connectivity index (χ0n) is 11.9. The molecule has 0 spiro atoms. The van der Waals surface area contributed by atoms with Crippen LogP contribution in [0.25, 0.3) is 0 Å². The highest BCUT2D eigenvalue weighted by atomic mass is 16.5. The van der Waals surface area contributed by atoms with E-state index in [1.54, 1.807) is 14.2 Å². The number of benzene rings is 1. The summed E-state index contributed by atoms with van der Waals surface area (Å²) in [4.78, 5) is 0. The molecule has 19 heavy (non-hydrogen) atoms. The highest BCUT2D eigenvalue weighted by molar-refractivity contribution is 5.33. The molecule has 106 valence electrons. The molecule has 2 rings (SSSR count). The van der Waals surface area contributed by atoms with Crippen molar-refractivity contribution in [3.8, 4) is 11.5 Å². The summed E-state index contributed by atoms with van der Waals surface area (Å²) in [5.74, 6) is 1.65. The molecule has 0 heterocycles. The Bertz CT molecular complexity index is 397. The third-order valence-corrected chi connectivity index (χ3v) is 3.51. The van der Waals surface area contributed by atoms with E-state index in [1.807, 2.05) is 24.3 Å². The van der Waals surface area contributed by atoms with E-state index >= 15 is 0 Å². The molecule has 1 fully saturated rings. The lowest BCUT2D eigenvalue weighted by molar-refractivity contribution is -0.0887. The first kappa shape index (κ1) is 14.2. The van der Waals surface area contributed by atoms with Gasteiger partial charge in [0.15, 0.2) is 0 Å². The molecule has 0 amide bonds. The fourth-order valence-corrected chi connectivity index (χ4v) is 2.39. The van der Waals surface area contributed by atoms with Crippen molar-refractivity contribution in [2.45, 2.75) is 38.0 Å². The molecule has 1 aromatic carbocycles. The number of methoxy groups -OCH3 is 2. The van der Waals surface area contributed by atoms with E-state index in [0.717, 1.165) is 30.9 Å². The number of hydrogen-bond donors (Lipinski definition) is 1. The minimum Gasteiger partial charge on any atom is -0.497 e. The molecule has 1 saturated carbocycles. The van der Waals surface area contributed by atoms with Gasteiger partial charge >= 0.3 is 0 Å². The Balaban J connectivity index is 1.89. The molecule has 1 aliphatic carbocycles. The van der Waals surface area contributed by atoms with E-state index in [2.05, 4.69) is 12.2 Å². The van der Waals surface area contributed by atoms with Crippen LogP contribution in [-0.4, -0.2) is 39.0 Å². The van der Waals surface area contributed by atoms with Crippen LogP contribution in [0.5, 0.6) is 11.5 Å². The van der Waals surface area contributed by atoms with E-state index < -0.39 is 0 Å². The standard InChI is InChI=1S/C15H23NO3/c1-4-8-16-13-10-14(15(13)18-3)19-12-7-5-6-11(9-12)17-2/h5-7,9,13-16H,4,8,10H2,1-3H3. The van der Waals surface area contributed by atoms with Gasteiger partial charge in [-0.2, -0.15) is 0 Å². The van der Waals surface area contributed by atoms with Crippen molar-refractivity contribution in [1.82, 2.24) is 5.32 Å². The van der Waals surface area contributed by atoms with Crippen LogP contribution in [0.3, 0.4) is 0 Å². The molecule has 0 aromatic heterocycles. The molecule has 4 heteroatoms. The first-order chi connectivity index (χ1) is 9.28. The second-order valence-corrected chi connectivity index (χ2v) is 4.83. The average molecular weight is 265 g/mol. The number of hydrogen-bond acceptors (Lipinski definition) is 4. The molecule has 4 nitrogen and oxygen atoms in total. The van der Waals surface area contributed by atoms with Gasteiger partial charge in [-0.05, 0) is 25.1 Å². The van der Waals surface area contributed by atoms with Crippen molar-refractivity contribution in [3.63, 3.8) is 0 Å². The summed E-state index contributed by atoms with van der Waals surface area (Å²) in [5.41, 5.74) is 0. The molecule has 3 unspecified atom stereocenters. The van der Waals surface area contributed by atoms with Gasteiger partial charge < -0.3 is 19.5 Å². The van der Waals surface area contributed by atoms with Crippen LogP contribution in [0.1, 0.15) is 19.8 Å². The van der Waals surface area contributed by atoms with E-state index in [-0.39, 0.29) is 12.2 Å². The molecule has 3 atom stereocenters. The van der Waals surface area contributed by atoms with E-state index in [9.17, 15) is 0 Å². The second kappa shape index (κ2) is 6.78. The van der Waals surface area contributed by atoms with Crippen molar-refractivity contribution in [1.29, 1.82) is 0 Å². The zero-order chi connectivity index (χ0) is 13.7. The monoisotopic (exact) mass is 265 g/mol. The predicted molar refractivity (Wildman–Crippen MR) is 74.9 cm³/mol. The molecular weight excluding hydrogens is 242 g/mol. The van der Waals surface area contributed by atoms with E-state index in [4.69, 9.17) is 14.2 Å². The minimum atomic E-state index is 0.117. The van der Waals surface area contributed by atoms with Gasteiger partial charge in [0, 0.05) is 25.6 Å². The molecule has 1 aliphatic rings. The van der Waals surface area contributed by atoms with Crippen LogP contribution in [0.4, 0.5) is 0 Å². The van der Waals surface area contributed by atoms with Crippen LogP contribution in [-0.2, 0) is 4.74 Å². The SMILES string of the molecule is CCCNC1CC(Oc2cccc(OC)c2)C1OC. The first-order valence-corrected chi connectivity index (χ1v) is 6.85. The Labute approximate surface area is 115 Å². The smallest absolute Gasteiger partial charge is 0.128 e. The summed E-state index contributed by atoms with van der Waals surface area (Å²) in [7, 11) is 3.40. The maximum atomic E-state index is 5.96. The fourth-order valence-electron chi connectivity index (χ4n) is 2.39. The quantitative estimate of drug-likeness (QED) is 0.820. The van der Waals surface area contributed by atoms with Gasteiger partial charge in [-0.15, -0.1) is 0 Å². The molecule has 0 bridgehead atoms. The van der Waals surface area contributed by atoms with Gasteiger partial charge in [-0.25, -0.2) is 0 Å². The Morgan fingerprint density at radius 1 is 1.26 bits per heavy atom. The minimum absolute atomic E-state index is 0.117. The van der Waals surface area contributed by atoms with E-state index in [1.165, 1.54) is 0 Å². The van der Waals surface area contributed by atoms with Gasteiger partial charge in [-0.3, -0.25) is 0 Å². The summed E-state index contributed by atoms with van der Waals surface area (Å²) < 4.78 is 16.7. The highest BCUT2D eigenvalue weighted by Crippen LogP contribution is 2.30. The van der Waals surface area contributed by atoms with Gasteiger partial charge in [0.05, 0.1) is 7.11 Å². The van der Waals surface area contributed by atoms with Crippen LogP contribution >= 0.6 is 0 Å². The third-order valence-electron chi connectivity index (χ3n) is 3.51. The maximum Gasteiger partial charge on any atom is 0.128 e. The predicted octanol–water partition coefficient (Wildman–Crippen LogP) is 2.23. The number of ether oxygens (including phenoxy) is 3. The topological polar surface area (TPSA) is 39.7 Å². The maximum absolute atomic E-state index is 5.96. The highest BCUT2D eigenvalue weighted by Gasteiger charge is 2.42. The Kier molecular flexibility index (Phi) is 5.05. The number of rotatable bonds is 7. The number of nitrogens with one attached hydrogen (secondary N) is 1. The molecule has 1 N–H and O–H groups in total. The summed E-state index contributed by atoms with van der Waals surface area (Å²) in [6.45, 7) is 3.19. The van der Waals surface area contributed by atoms with Crippen LogP contribution in [0.15, 0.2) is 24.3 Å². The van der Waals surface area contributed by atoms with Crippen molar-refractivity contribution in [2.75, 3.05) is 20.8 Å². The van der Waals surface area contributed by atoms with Crippen LogP contribution in [0.2, 0.25) is 0 Å². The zero-order valence-corrected chi connectivity index (χ0v) is 11.9.